The van der Waals surface area contributed by atoms with E-state index >= 15 is 0 Å². The van der Waals surface area contributed by atoms with Crippen molar-refractivity contribution < 1.29 is 9.90 Å². The summed E-state index contributed by atoms with van der Waals surface area (Å²) < 4.78 is 0.974. The molecule has 0 spiro atoms. The van der Waals surface area contributed by atoms with Gasteiger partial charge in [0, 0.05) is 12.4 Å². The van der Waals surface area contributed by atoms with Crippen molar-refractivity contribution in [2.75, 3.05) is 0 Å². The van der Waals surface area contributed by atoms with Crippen LogP contribution < -0.4 is 5.11 Å². The Balaban J connectivity index is 2.23. The Bertz CT molecular complexity index is 706. The molecular weight excluding hydrogens is 250 g/mol. The average Bonchev–Trinajstić information content (AvgIpc) is 2.82. The van der Waals surface area contributed by atoms with E-state index in [1.54, 1.807) is 0 Å². The van der Waals surface area contributed by atoms with E-state index in [1.165, 1.54) is 23.7 Å². The van der Waals surface area contributed by atoms with Gasteiger partial charge in [-0.3, -0.25) is 4.98 Å². The minimum Gasteiger partial charge on any atom is -0.543 e. The highest BCUT2D eigenvalue weighted by Crippen LogP contribution is 2.29. The molecule has 6 heteroatoms. The van der Waals surface area contributed by atoms with Crippen molar-refractivity contribution in [2.24, 2.45) is 0 Å². The second kappa shape index (κ2) is 4.15. The van der Waals surface area contributed by atoms with Crippen LogP contribution in [0.5, 0.6) is 0 Å². The zero-order valence-electron chi connectivity index (χ0n) is 9.03. The van der Waals surface area contributed by atoms with Crippen molar-refractivity contribution in [2.45, 2.75) is 0 Å². The Kier molecular flexibility index (Phi) is 2.49. The quantitative estimate of drug-likeness (QED) is 0.686. The maximum Gasteiger partial charge on any atom is 0.145 e. The summed E-state index contributed by atoms with van der Waals surface area (Å²) in [4.78, 5) is 23.1. The SMILES string of the molecule is O=C([O-])c1nccnc1-c1nc2ccccc2s1. The van der Waals surface area contributed by atoms with Gasteiger partial charge >= 0.3 is 0 Å². The van der Waals surface area contributed by atoms with Crippen LogP contribution in [0.1, 0.15) is 10.5 Å². The van der Waals surface area contributed by atoms with Crippen LogP contribution in [0.15, 0.2) is 36.7 Å². The van der Waals surface area contributed by atoms with Crippen molar-refractivity contribution >= 4 is 27.5 Å². The Labute approximate surface area is 106 Å². The van der Waals surface area contributed by atoms with Crippen molar-refractivity contribution in [1.29, 1.82) is 0 Å². The third-order valence-corrected chi connectivity index (χ3v) is 3.43. The molecule has 0 N–H and O–H groups in total. The lowest BCUT2D eigenvalue weighted by atomic mass is 10.3. The molecule has 0 radical (unpaired) electrons. The summed E-state index contributed by atoms with van der Waals surface area (Å²) in [6.45, 7) is 0. The Hall–Kier alpha value is -2.34. The van der Waals surface area contributed by atoms with E-state index in [-0.39, 0.29) is 11.4 Å². The number of hydrogen-bond donors (Lipinski definition) is 0. The minimum atomic E-state index is -1.35. The minimum absolute atomic E-state index is 0.184. The number of carbonyl (C=O) groups excluding carboxylic acids is 1. The van der Waals surface area contributed by atoms with Gasteiger partial charge in [-0.15, -0.1) is 11.3 Å². The zero-order valence-corrected chi connectivity index (χ0v) is 9.85. The van der Waals surface area contributed by atoms with Crippen LogP contribution in [0.2, 0.25) is 0 Å². The van der Waals surface area contributed by atoms with Gasteiger partial charge in [0.25, 0.3) is 0 Å². The summed E-state index contributed by atoms with van der Waals surface area (Å²) in [7, 11) is 0. The molecule has 3 rings (SSSR count). The van der Waals surface area contributed by atoms with E-state index in [9.17, 15) is 9.90 Å². The number of carboxylic acids is 1. The summed E-state index contributed by atoms with van der Waals surface area (Å²) in [5.74, 6) is -1.35. The van der Waals surface area contributed by atoms with Crippen LogP contribution in [0.25, 0.3) is 20.9 Å². The first-order valence-corrected chi connectivity index (χ1v) is 5.95. The molecule has 0 fully saturated rings. The van der Waals surface area contributed by atoms with E-state index in [0.717, 1.165) is 10.2 Å². The monoisotopic (exact) mass is 256 g/mol. The largest absolute Gasteiger partial charge is 0.543 e. The fraction of sp³-hybridized carbons (Fsp3) is 0. The van der Waals surface area contributed by atoms with Gasteiger partial charge in [0.15, 0.2) is 0 Å². The molecule has 0 aliphatic rings. The van der Waals surface area contributed by atoms with Gasteiger partial charge in [0.05, 0.1) is 16.2 Å². The number of benzene rings is 1. The van der Waals surface area contributed by atoms with Crippen molar-refractivity contribution in [3.05, 3.63) is 42.4 Å². The number of aromatic carboxylic acids is 1. The van der Waals surface area contributed by atoms with E-state index in [4.69, 9.17) is 0 Å². The summed E-state index contributed by atoms with van der Waals surface area (Å²) >= 11 is 1.38. The first-order chi connectivity index (χ1) is 8.75. The van der Waals surface area contributed by atoms with Gasteiger partial charge in [-0.05, 0) is 12.1 Å². The second-order valence-electron chi connectivity index (χ2n) is 3.53. The van der Waals surface area contributed by atoms with E-state index in [1.807, 2.05) is 24.3 Å². The van der Waals surface area contributed by atoms with Crippen LogP contribution in [0.3, 0.4) is 0 Å². The van der Waals surface area contributed by atoms with Crippen molar-refractivity contribution in [3.63, 3.8) is 0 Å². The zero-order chi connectivity index (χ0) is 12.5. The van der Waals surface area contributed by atoms with Gasteiger partial charge in [0.2, 0.25) is 0 Å². The van der Waals surface area contributed by atoms with Crippen molar-refractivity contribution in [1.82, 2.24) is 15.0 Å². The molecule has 0 aliphatic carbocycles. The molecule has 0 aliphatic heterocycles. The second-order valence-corrected chi connectivity index (χ2v) is 4.56. The molecule has 88 valence electrons. The number of carbonyl (C=O) groups is 1. The van der Waals surface area contributed by atoms with Gasteiger partial charge in [0.1, 0.15) is 16.4 Å². The lowest BCUT2D eigenvalue weighted by molar-refractivity contribution is -0.255. The smallest absolute Gasteiger partial charge is 0.145 e. The Morgan fingerprint density at radius 2 is 1.94 bits per heavy atom. The summed E-state index contributed by atoms with van der Waals surface area (Å²) in [5.41, 5.74) is 0.878. The van der Waals surface area contributed by atoms with E-state index in [0.29, 0.717) is 5.01 Å². The Morgan fingerprint density at radius 3 is 2.72 bits per heavy atom. The normalized spacial score (nSPS) is 10.7. The van der Waals surface area contributed by atoms with Gasteiger partial charge < -0.3 is 9.90 Å². The number of fused-ring (bicyclic) bond motifs is 1. The van der Waals surface area contributed by atoms with Gasteiger partial charge in [-0.2, -0.15) is 0 Å². The number of carboxylic acid groups (broad SMARTS) is 1. The molecule has 0 saturated carbocycles. The number of hydrogen-bond acceptors (Lipinski definition) is 6. The maximum atomic E-state index is 11.0. The third-order valence-electron chi connectivity index (χ3n) is 2.39. The van der Waals surface area contributed by atoms with Crippen LogP contribution >= 0.6 is 11.3 Å². The van der Waals surface area contributed by atoms with Gasteiger partial charge in [-0.1, -0.05) is 12.1 Å². The number of aromatic nitrogens is 3. The number of thiazole rings is 1. The fourth-order valence-corrected chi connectivity index (χ4v) is 2.58. The molecule has 2 aromatic heterocycles. The molecule has 0 unspecified atom stereocenters. The standard InChI is InChI=1S/C12H7N3O2S/c16-12(17)10-9(13-5-6-14-10)11-15-7-3-1-2-4-8(7)18-11/h1-6H,(H,16,17)/p-1. The molecule has 1 aromatic carbocycles. The Morgan fingerprint density at radius 1 is 1.17 bits per heavy atom. The van der Waals surface area contributed by atoms with Crippen LogP contribution in [0, 0.1) is 0 Å². The molecule has 18 heavy (non-hydrogen) atoms. The predicted octanol–water partition coefficient (Wildman–Crippen LogP) is 1.12. The highest BCUT2D eigenvalue weighted by Gasteiger charge is 2.13. The highest BCUT2D eigenvalue weighted by molar-refractivity contribution is 7.21. The number of rotatable bonds is 2. The van der Waals surface area contributed by atoms with Gasteiger partial charge in [-0.25, -0.2) is 9.97 Å². The lowest BCUT2D eigenvalue weighted by Gasteiger charge is -2.04. The molecule has 0 amide bonds. The molecule has 0 saturated heterocycles. The molecule has 0 bridgehead atoms. The fourth-order valence-electron chi connectivity index (χ4n) is 1.62. The lowest BCUT2D eigenvalue weighted by Crippen LogP contribution is -2.24. The highest BCUT2D eigenvalue weighted by atomic mass is 32.1. The topological polar surface area (TPSA) is 78.8 Å². The molecule has 5 nitrogen and oxygen atoms in total. The van der Waals surface area contributed by atoms with E-state index < -0.39 is 5.97 Å². The number of para-hydroxylation sites is 1. The molecule has 2 heterocycles. The number of nitrogens with zero attached hydrogens (tertiary/aromatic N) is 3. The maximum absolute atomic E-state index is 11.0. The molecule has 3 aromatic rings. The van der Waals surface area contributed by atoms with Crippen molar-refractivity contribution in [3.8, 4) is 10.7 Å². The van der Waals surface area contributed by atoms with E-state index in [2.05, 4.69) is 15.0 Å². The van der Waals surface area contributed by atoms with Crippen LogP contribution in [-0.2, 0) is 0 Å². The average molecular weight is 256 g/mol. The summed E-state index contributed by atoms with van der Waals surface area (Å²) in [6.07, 6.45) is 2.76. The third kappa shape index (κ3) is 1.72. The van der Waals surface area contributed by atoms with Crippen LogP contribution in [-0.4, -0.2) is 20.9 Å². The summed E-state index contributed by atoms with van der Waals surface area (Å²) in [5, 5.41) is 11.5. The molecular formula is C12H6N3O2S-. The molecule has 0 atom stereocenters. The first kappa shape index (κ1) is 10.8. The summed E-state index contributed by atoms with van der Waals surface area (Å²) in [6, 6.07) is 7.57. The first-order valence-electron chi connectivity index (χ1n) is 5.14. The van der Waals surface area contributed by atoms with Crippen LogP contribution in [0.4, 0.5) is 0 Å². The predicted molar refractivity (Wildman–Crippen MR) is 65.0 cm³/mol.